The van der Waals surface area contributed by atoms with Crippen molar-refractivity contribution in [2.75, 3.05) is 18.6 Å². The lowest BCUT2D eigenvalue weighted by Gasteiger charge is -2.25. The van der Waals surface area contributed by atoms with Crippen LogP contribution in [0.4, 0.5) is 5.69 Å². The van der Waals surface area contributed by atoms with Gasteiger partial charge >= 0.3 is 0 Å². The van der Waals surface area contributed by atoms with Crippen molar-refractivity contribution in [2.45, 2.75) is 66.2 Å². The molecule has 1 aliphatic heterocycles. The Labute approximate surface area is 352 Å². The zero-order valence-corrected chi connectivity index (χ0v) is 35.9. The number of hydrogen-bond acceptors (Lipinski definition) is 7. The van der Waals surface area contributed by atoms with Crippen molar-refractivity contribution in [2.24, 2.45) is 0 Å². The monoisotopic (exact) mass is 789 g/mol. The van der Waals surface area contributed by atoms with Crippen molar-refractivity contribution in [1.29, 1.82) is 0 Å². The van der Waals surface area contributed by atoms with Crippen LogP contribution in [0.3, 0.4) is 0 Å². The normalized spacial score (nSPS) is 13.2. The maximum atomic E-state index is 7.22. The van der Waals surface area contributed by atoms with Crippen LogP contribution >= 0.6 is 0 Å². The van der Waals surface area contributed by atoms with E-state index in [1.165, 1.54) is 22.3 Å². The van der Waals surface area contributed by atoms with Crippen molar-refractivity contribution in [1.82, 2.24) is 29.4 Å². The number of rotatable bonds is 7. The molecule has 0 aliphatic carbocycles. The van der Waals surface area contributed by atoms with Gasteiger partial charge in [0.25, 0.3) is 0 Å². The number of nitrogens with zero attached hydrogens (tertiary/aromatic N) is 7. The third-order valence-corrected chi connectivity index (χ3v) is 11.3. The topological polar surface area (TPSA) is 72.2 Å². The van der Waals surface area contributed by atoms with Crippen molar-refractivity contribution in [3.63, 3.8) is 0 Å². The van der Waals surface area contributed by atoms with E-state index < -0.39 is 0 Å². The Kier molecular flexibility index (Phi) is 9.54. The van der Waals surface area contributed by atoms with Gasteiger partial charge < -0.3 is 14.5 Å². The molecule has 0 fully saturated rings. The first-order chi connectivity index (χ1) is 28.7. The second kappa shape index (κ2) is 14.8. The molecule has 8 heteroatoms. The molecular formula is C52H51N7O. The molecule has 0 N–H and O–H groups in total. The first-order valence-electron chi connectivity index (χ1n) is 20.6. The maximum Gasteiger partial charge on any atom is 0.167 e. The first-order valence-corrected chi connectivity index (χ1v) is 20.6. The summed E-state index contributed by atoms with van der Waals surface area (Å²) in [5.41, 5.74) is 10.2. The van der Waals surface area contributed by atoms with Gasteiger partial charge in [-0.2, -0.15) is 0 Å². The van der Waals surface area contributed by atoms with Crippen LogP contribution in [0.15, 0.2) is 134 Å². The summed E-state index contributed by atoms with van der Waals surface area (Å²) in [6, 6.07) is 40.4. The van der Waals surface area contributed by atoms with E-state index in [4.69, 9.17) is 24.7 Å². The van der Waals surface area contributed by atoms with E-state index in [0.29, 0.717) is 23.2 Å². The third-order valence-electron chi connectivity index (χ3n) is 11.3. The lowest BCUT2D eigenvalue weighted by Crippen LogP contribution is -2.22. The average molecular weight is 790 g/mol. The molecule has 0 saturated heterocycles. The summed E-state index contributed by atoms with van der Waals surface area (Å²) in [5, 5.41) is 2.14. The fourth-order valence-corrected chi connectivity index (χ4v) is 7.73. The summed E-state index contributed by atoms with van der Waals surface area (Å²) in [4.78, 5) is 24.9. The molecule has 3 aromatic heterocycles. The number of benzene rings is 5. The highest BCUT2D eigenvalue weighted by Gasteiger charge is 2.25. The SMILES string of the molecule is Cc1ccc(-c2nc(-c3ccc(C)cc3)nc(-c3cc4c5ccccc5n(-c5cc(C(C)(C)C)ccn5)c4cc3Oc3cc(N4C=CN(C)C4)cc(C(C)(C)C)c3)n2)cc1. The minimum atomic E-state index is -0.132. The van der Waals surface area contributed by atoms with E-state index in [-0.39, 0.29) is 10.8 Å². The molecule has 0 bridgehead atoms. The number of para-hydroxylation sites is 1. The minimum Gasteiger partial charge on any atom is -0.456 e. The number of aryl methyl sites for hydroxylation is 2. The standard InChI is InChI=1S/C52H51N7O/c1-33-14-18-35(19-15-33)48-54-49(36-20-16-34(2)17-21-36)56-50(55-48)43-30-42-41-12-10-11-13-44(41)59(47-28-37(22-23-53-47)51(3,4)5)45(42)31-46(43)60-40-27-38(52(6,7)8)26-39(29-40)58-25-24-57(9)32-58/h10-31H,32H2,1-9H3. The predicted molar refractivity (Wildman–Crippen MR) is 246 cm³/mol. The molecule has 8 nitrogen and oxygen atoms in total. The minimum absolute atomic E-state index is 0.0595. The van der Waals surface area contributed by atoms with Crippen LogP contribution in [0.1, 0.15) is 63.8 Å². The second-order valence-electron chi connectivity index (χ2n) is 18.1. The lowest BCUT2D eigenvalue weighted by atomic mass is 9.86. The summed E-state index contributed by atoms with van der Waals surface area (Å²) in [6.07, 6.45) is 6.12. The summed E-state index contributed by atoms with van der Waals surface area (Å²) in [5.74, 6) is 3.90. The molecule has 0 unspecified atom stereocenters. The van der Waals surface area contributed by atoms with Crippen LogP contribution in [-0.2, 0) is 10.8 Å². The smallest absolute Gasteiger partial charge is 0.167 e. The van der Waals surface area contributed by atoms with Gasteiger partial charge in [0, 0.05) is 65.4 Å². The van der Waals surface area contributed by atoms with Gasteiger partial charge in [-0.05, 0) is 72.2 Å². The molecule has 5 aromatic carbocycles. The Morgan fingerprint density at radius 2 is 1.22 bits per heavy atom. The Hall–Kier alpha value is -6.80. The molecule has 0 atom stereocenters. The van der Waals surface area contributed by atoms with Crippen LogP contribution in [0.2, 0.25) is 0 Å². The molecule has 60 heavy (non-hydrogen) atoms. The molecule has 0 spiro atoms. The van der Waals surface area contributed by atoms with Gasteiger partial charge in [-0.3, -0.25) is 4.57 Å². The summed E-state index contributed by atoms with van der Waals surface area (Å²) in [6.45, 7) is 18.3. The van der Waals surface area contributed by atoms with Gasteiger partial charge in [-0.25, -0.2) is 19.9 Å². The molecular weight excluding hydrogens is 739 g/mol. The van der Waals surface area contributed by atoms with E-state index >= 15 is 0 Å². The fourth-order valence-electron chi connectivity index (χ4n) is 7.73. The van der Waals surface area contributed by atoms with Crippen molar-refractivity contribution in [3.05, 3.63) is 156 Å². The van der Waals surface area contributed by atoms with E-state index in [1.807, 2.05) is 6.20 Å². The number of ether oxygens (including phenoxy) is 1. The van der Waals surface area contributed by atoms with Crippen LogP contribution in [0.5, 0.6) is 11.5 Å². The van der Waals surface area contributed by atoms with Gasteiger partial charge in [-0.1, -0.05) is 119 Å². The Bertz CT molecular complexity index is 2870. The molecule has 0 amide bonds. The molecule has 0 radical (unpaired) electrons. The number of aromatic nitrogens is 5. The van der Waals surface area contributed by atoms with E-state index in [1.54, 1.807) is 0 Å². The zero-order valence-electron chi connectivity index (χ0n) is 35.9. The van der Waals surface area contributed by atoms with Gasteiger partial charge in [0.2, 0.25) is 0 Å². The van der Waals surface area contributed by atoms with Crippen molar-refractivity contribution < 1.29 is 4.74 Å². The van der Waals surface area contributed by atoms with Crippen LogP contribution in [-0.4, -0.2) is 43.1 Å². The summed E-state index contributed by atoms with van der Waals surface area (Å²) < 4.78 is 9.48. The number of fused-ring (bicyclic) bond motifs is 3. The molecule has 8 aromatic rings. The van der Waals surface area contributed by atoms with E-state index in [0.717, 1.165) is 62.4 Å². The van der Waals surface area contributed by atoms with Gasteiger partial charge in [0.1, 0.15) is 17.3 Å². The molecule has 4 heterocycles. The van der Waals surface area contributed by atoms with E-state index in [9.17, 15) is 0 Å². The van der Waals surface area contributed by atoms with Crippen LogP contribution < -0.4 is 9.64 Å². The van der Waals surface area contributed by atoms with E-state index in [2.05, 4.69) is 204 Å². The molecule has 300 valence electrons. The van der Waals surface area contributed by atoms with Gasteiger partial charge in [0.05, 0.1) is 23.3 Å². The Morgan fingerprint density at radius 1 is 0.583 bits per heavy atom. The zero-order chi connectivity index (χ0) is 41.9. The summed E-state index contributed by atoms with van der Waals surface area (Å²) in [7, 11) is 2.08. The summed E-state index contributed by atoms with van der Waals surface area (Å²) >= 11 is 0. The first kappa shape index (κ1) is 38.7. The second-order valence-corrected chi connectivity index (χ2v) is 18.1. The number of hydrogen-bond donors (Lipinski definition) is 0. The van der Waals surface area contributed by atoms with Gasteiger partial charge in [0.15, 0.2) is 17.5 Å². The highest BCUT2D eigenvalue weighted by molar-refractivity contribution is 6.11. The molecule has 0 saturated carbocycles. The largest absolute Gasteiger partial charge is 0.456 e. The third kappa shape index (κ3) is 7.50. The highest BCUT2D eigenvalue weighted by atomic mass is 16.5. The van der Waals surface area contributed by atoms with Crippen molar-refractivity contribution >= 4 is 27.5 Å². The van der Waals surface area contributed by atoms with Crippen LogP contribution in [0, 0.1) is 13.8 Å². The van der Waals surface area contributed by atoms with Gasteiger partial charge in [-0.15, -0.1) is 0 Å². The Morgan fingerprint density at radius 3 is 1.83 bits per heavy atom. The predicted octanol–water partition coefficient (Wildman–Crippen LogP) is 12.5. The number of pyridine rings is 1. The lowest BCUT2D eigenvalue weighted by molar-refractivity contribution is 0.478. The average Bonchev–Trinajstić information content (AvgIpc) is 3.81. The highest BCUT2D eigenvalue weighted by Crippen LogP contribution is 2.43. The fraction of sp³-hybridized carbons (Fsp3) is 0.231. The molecule has 1 aliphatic rings. The quantitative estimate of drug-likeness (QED) is 0.159. The number of anilines is 1. The Balaban J connectivity index is 1.33. The van der Waals surface area contributed by atoms with Crippen LogP contribution in [0.25, 0.3) is 61.8 Å². The molecule has 9 rings (SSSR count). The van der Waals surface area contributed by atoms with Crippen molar-refractivity contribution in [3.8, 4) is 51.5 Å². The maximum absolute atomic E-state index is 7.22.